The Bertz CT molecular complexity index is 1350. The van der Waals surface area contributed by atoms with Crippen LogP contribution in [-0.2, 0) is 10.9 Å². The molecule has 0 radical (unpaired) electrons. The number of aromatic nitrogens is 2. The molecule has 3 N–H and O–H groups in total. The van der Waals surface area contributed by atoms with Crippen molar-refractivity contribution >= 4 is 34.1 Å². The van der Waals surface area contributed by atoms with Gasteiger partial charge in [-0.15, -0.1) is 0 Å². The van der Waals surface area contributed by atoms with E-state index in [0.717, 1.165) is 38.5 Å². The minimum atomic E-state index is -4.52. The lowest BCUT2D eigenvalue weighted by Gasteiger charge is -2.44. The molecule has 40 heavy (non-hydrogen) atoms. The first-order valence-corrected chi connectivity index (χ1v) is 13.6. The summed E-state index contributed by atoms with van der Waals surface area (Å²) in [7, 11) is 1.51. The smallest absolute Gasteiger partial charge is 0.418 e. The number of aromatic amines is 1. The highest BCUT2D eigenvalue weighted by molar-refractivity contribution is 5.97. The van der Waals surface area contributed by atoms with E-state index in [1.807, 2.05) is 18.7 Å². The van der Waals surface area contributed by atoms with E-state index in [-0.39, 0.29) is 29.1 Å². The largest absolute Gasteiger partial charge is 0.495 e. The summed E-state index contributed by atoms with van der Waals surface area (Å²) in [5.41, 5.74) is 0.671. The van der Waals surface area contributed by atoms with E-state index >= 15 is 0 Å². The number of pyridine rings is 1. The minimum absolute atomic E-state index is 0.0176. The standard InChI is InChI=1S/C28H35F3N6O3/c1-17(2)33-21-15-23(35-26-25(21)19(16-32-26)28(29,30)31)34-20-8-7-18(14-22(20)39-3)27(38)37-9-5-4-6-24(37)36-10-12-40-13-11-36/h7-8,14-17,24H,4-6,9-13H2,1-3H3,(H3,32,33,34,35). The number of carbonyl (C=O) groups is 1. The van der Waals surface area contributed by atoms with Crippen molar-refractivity contribution in [1.29, 1.82) is 0 Å². The second-order valence-electron chi connectivity index (χ2n) is 10.4. The Labute approximate surface area is 231 Å². The molecule has 2 aliphatic heterocycles. The van der Waals surface area contributed by atoms with E-state index in [2.05, 4.69) is 25.5 Å². The van der Waals surface area contributed by atoms with Crippen molar-refractivity contribution in [3.05, 3.63) is 41.6 Å². The number of halogens is 3. The predicted octanol–water partition coefficient (Wildman–Crippen LogP) is 5.44. The highest BCUT2D eigenvalue weighted by Crippen LogP contribution is 2.40. The Kier molecular flexibility index (Phi) is 8.09. The summed E-state index contributed by atoms with van der Waals surface area (Å²) in [5, 5.41) is 6.24. The number of hydrogen-bond acceptors (Lipinski definition) is 7. The molecule has 216 valence electrons. The van der Waals surface area contributed by atoms with Gasteiger partial charge in [-0.1, -0.05) is 0 Å². The summed E-state index contributed by atoms with van der Waals surface area (Å²) >= 11 is 0. The summed E-state index contributed by atoms with van der Waals surface area (Å²) in [4.78, 5) is 24.9. The van der Waals surface area contributed by atoms with Crippen LogP contribution in [0, 0.1) is 0 Å². The molecule has 3 aromatic rings. The number of nitrogens with zero attached hydrogens (tertiary/aromatic N) is 3. The van der Waals surface area contributed by atoms with Gasteiger partial charge in [0, 0.05) is 49.2 Å². The van der Waals surface area contributed by atoms with E-state index in [4.69, 9.17) is 9.47 Å². The molecule has 1 unspecified atom stereocenters. The van der Waals surface area contributed by atoms with Crippen LogP contribution >= 0.6 is 0 Å². The molecule has 1 aromatic carbocycles. The molecule has 12 heteroatoms. The Morgan fingerprint density at radius 3 is 2.62 bits per heavy atom. The quantitative estimate of drug-likeness (QED) is 0.354. The van der Waals surface area contributed by atoms with Crippen LogP contribution in [0.5, 0.6) is 5.75 Å². The molecule has 0 spiro atoms. The number of alkyl halides is 3. The van der Waals surface area contributed by atoms with E-state index in [1.54, 1.807) is 24.3 Å². The molecule has 4 heterocycles. The maximum absolute atomic E-state index is 13.6. The normalized spacial score (nSPS) is 18.8. The number of methoxy groups -OCH3 is 1. The van der Waals surface area contributed by atoms with E-state index in [1.165, 1.54) is 7.11 Å². The van der Waals surface area contributed by atoms with Gasteiger partial charge in [0.05, 0.1) is 43.1 Å². The van der Waals surface area contributed by atoms with Crippen molar-refractivity contribution in [1.82, 2.24) is 19.8 Å². The van der Waals surface area contributed by atoms with Gasteiger partial charge in [-0.2, -0.15) is 13.2 Å². The van der Waals surface area contributed by atoms with Crippen molar-refractivity contribution in [3.8, 4) is 5.75 Å². The predicted molar refractivity (Wildman–Crippen MR) is 147 cm³/mol. The summed E-state index contributed by atoms with van der Waals surface area (Å²) in [6, 6.07) is 6.60. The number of fused-ring (bicyclic) bond motifs is 1. The number of ether oxygens (including phenoxy) is 2. The van der Waals surface area contributed by atoms with E-state index in [9.17, 15) is 18.0 Å². The highest BCUT2D eigenvalue weighted by Gasteiger charge is 2.36. The number of piperidine rings is 1. The van der Waals surface area contributed by atoms with Crippen LogP contribution in [0.4, 0.5) is 30.4 Å². The summed E-state index contributed by atoms with van der Waals surface area (Å²) in [6.45, 7) is 7.33. The summed E-state index contributed by atoms with van der Waals surface area (Å²) in [5.74, 6) is 0.690. The topological polar surface area (TPSA) is 94.8 Å². The molecule has 2 saturated heterocycles. The first-order chi connectivity index (χ1) is 19.2. The number of hydrogen-bond donors (Lipinski definition) is 3. The van der Waals surface area contributed by atoms with Crippen LogP contribution in [0.15, 0.2) is 30.5 Å². The number of H-pyrrole nitrogens is 1. The fourth-order valence-corrected chi connectivity index (χ4v) is 5.48. The van der Waals surface area contributed by atoms with Crippen molar-refractivity contribution in [2.24, 2.45) is 0 Å². The molecule has 2 aromatic heterocycles. The fraction of sp³-hybridized carbons (Fsp3) is 0.500. The van der Waals surface area contributed by atoms with Crippen molar-refractivity contribution in [2.45, 2.75) is 51.5 Å². The Morgan fingerprint density at radius 1 is 1.15 bits per heavy atom. The maximum Gasteiger partial charge on any atom is 0.418 e. The molecule has 2 fully saturated rings. The van der Waals surface area contributed by atoms with Crippen molar-refractivity contribution < 1.29 is 27.4 Å². The van der Waals surface area contributed by atoms with Crippen LogP contribution in [0.1, 0.15) is 49.0 Å². The van der Waals surface area contributed by atoms with Crippen molar-refractivity contribution in [3.63, 3.8) is 0 Å². The van der Waals surface area contributed by atoms with Crippen LogP contribution < -0.4 is 15.4 Å². The zero-order valence-electron chi connectivity index (χ0n) is 22.9. The van der Waals surface area contributed by atoms with E-state index < -0.39 is 11.7 Å². The lowest BCUT2D eigenvalue weighted by Crippen LogP contribution is -2.56. The minimum Gasteiger partial charge on any atom is -0.495 e. The number of amides is 1. The lowest BCUT2D eigenvalue weighted by atomic mass is 10.0. The first-order valence-electron chi connectivity index (χ1n) is 13.6. The number of morpholine rings is 1. The summed E-state index contributed by atoms with van der Waals surface area (Å²) < 4.78 is 52.0. The molecule has 1 amide bonds. The number of nitrogens with one attached hydrogen (secondary N) is 3. The van der Waals surface area contributed by atoms with Gasteiger partial charge in [0.1, 0.15) is 17.2 Å². The number of benzene rings is 1. The average molecular weight is 561 g/mol. The van der Waals surface area contributed by atoms with Gasteiger partial charge in [0.25, 0.3) is 5.91 Å². The van der Waals surface area contributed by atoms with Gasteiger partial charge >= 0.3 is 6.18 Å². The van der Waals surface area contributed by atoms with Crippen LogP contribution in [0.3, 0.4) is 0 Å². The molecular weight excluding hydrogens is 525 g/mol. The number of carbonyl (C=O) groups excluding carboxylic acids is 1. The Balaban J connectivity index is 1.42. The second kappa shape index (κ2) is 11.5. The lowest BCUT2D eigenvalue weighted by molar-refractivity contribution is -0.136. The highest BCUT2D eigenvalue weighted by atomic mass is 19.4. The van der Waals surface area contributed by atoms with Gasteiger partial charge in [-0.05, 0) is 51.3 Å². The second-order valence-corrected chi connectivity index (χ2v) is 10.4. The number of rotatable bonds is 7. The molecule has 0 bridgehead atoms. The average Bonchev–Trinajstić information content (AvgIpc) is 3.38. The van der Waals surface area contributed by atoms with Gasteiger partial charge < -0.3 is 30.0 Å². The van der Waals surface area contributed by atoms with Gasteiger partial charge in [-0.3, -0.25) is 9.69 Å². The third-order valence-electron chi connectivity index (χ3n) is 7.30. The summed E-state index contributed by atoms with van der Waals surface area (Å²) in [6.07, 6.45) is -0.591. The SMILES string of the molecule is COc1cc(C(=O)N2CCCCC2N2CCOCC2)ccc1Nc1cc(NC(C)C)c2c(C(F)(F)F)c[nH]c2n1. The zero-order valence-corrected chi connectivity index (χ0v) is 22.9. The Hall–Kier alpha value is -3.51. The van der Waals surface area contributed by atoms with Gasteiger partial charge in [0.15, 0.2) is 0 Å². The first kappa shape index (κ1) is 28.0. The fourth-order valence-electron chi connectivity index (χ4n) is 5.48. The zero-order chi connectivity index (χ0) is 28.4. The third-order valence-corrected chi connectivity index (χ3v) is 7.30. The molecule has 0 aliphatic carbocycles. The van der Waals surface area contributed by atoms with E-state index in [0.29, 0.717) is 48.3 Å². The van der Waals surface area contributed by atoms with Crippen molar-refractivity contribution in [2.75, 3.05) is 50.6 Å². The van der Waals surface area contributed by atoms with Gasteiger partial charge in [-0.25, -0.2) is 4.98 Å². The molecular formula is C28H35F3N6O3. The van der Waals surface area contributed by atoms with Crippen LogP contribution in [0.2, 0.25) is 0 Å². The van der Waals surface area contributed by atoms with Gasteiger partial charge in [0.2, 0.25) is 0 Å². The third kappa shape index (κ3) is 5.83. The van der Waals surface area contributed by atoms with Crippen LogP contribution in [-0.4, -0.2) is 77.8 Å². The molecule has 5 rings (SSSR count). The molecule has 0 saturated carbocycles. The van der Waals surface area contributed by atoms with Crippen LogP contribution in [0.25, 0.3) is 11.0 Å². The monoisotopic (exact) mass is 560 g/mol. The molecule has 9 nitrogen and oxygen atoms in total. The molecule has 2 aliphatic rings. The number of anilines is 3. The Morgan fingerprint density at radius 2 is 1.93 bits per heavy atom. The molecule has 1 atom stereocenters. The maximum atomic E-state index is 13.6. The number of likely N-dealkylation sites (tertiary alicyclic amines) is 1.